The first-order valence-corrected chi connectivity index (χ1v) is 6.08. The molecule has 5 nitrogen and oxygen atoms in total. The van der Waals surface area contributed by atoms with Crippen molar-refractivity contribution in [3.63, 3.8) is 0 Å². The molecule has 0 heterocycles. The molecule has 0 fully saturated rings. The van der Waals surface area contributed by atoms with Crippen LogP contribution in [-0.2, 0) is 19.0 Å². The first kappa shape index (κ1) is 16.4. The first-order chi connectivity index (χ1) is 8.16. The van der Waals surface area contributed by atoms with Crippen LogP contribution in [0.4, 0.5) is 0 Å². The Hall–Kier alpha value is -0.650. The molecule has 0 saturated heterocycles. The summed E-state index contributed by atoms with van der Waals surface area (Å²) in [7, 11) is 1.62. The molecule has 0 aromatic carbocycles. The molecule has 0 bridgehead atoms. The number of methoxy groups -OCH3 is 1. The summed E-state index contributed by atoms with van der Waals surface area (Å²) in [6.45, 7) is 7.16. The van der Waals surface area contributed by atoms with Gasteiger partial charge in [0.05, 0.1) is 19.8 Å². The molecule has 0 aromatic heterocycles. The predicted molar refractivity (Wildman–Crippen MR) is 66.0 cm³/mol. The predicted octanol–water partition coefficient (Wildman–Crippen LogP) is 0.828. The van der Waals surface area contributed by atoms with Crippen molar-refractivity contribution in [2.24, 2.45) is 5.92 Å². The summed E-state index contributed by atoms with van der Waals surface area (Å²) in [6.07, 6.45) is 0.980. The molecule has 0 spiro atoms. The number of nitrogens with one attached hydrogen (secondary N) is 1. The van der Waals surface area contributed by atoms with Crippen molar-refractivity contribution in [2.75, 3.05) is 46.7 Å². The highest BCUT2D eigenvalue weighted by molar-refractivity contribution is 5.77. The molecule has 1 N–H and O–H groups in total. The van der Waals surface area contributed by atoms with Crippen LogP contribution in [0.3, 0.4) is 0 Å². The third-order valence-corrected chi connectivity index (χ3v) is 2.07. The Morgan fingerprint density at radius 1 is 1.12 bits per heavy atom. The molecule has 17 heavy (non-hydrogen) atoms. The van der Waals surface area contributed by atoms with Crippen LogP contribution >= 0.6 is 0 Å². The molecule has 0 aromatic rings. The maximum Gasteiger partial charge on any atom is 0.246 e. The minimum Gasteiger partial charge on any atom is -0.382 e. The summed E-state index contributed by atoms with van der Waals surface area (Å²) in [5, 5.41) is 2.72. The van der Waals surface area contributed by atoms with Crippen LogP contribution in [-0.4, -0.2) is 52.6 Å². The van der Waals surface area contributed by atoms with Gasteiger partial charge in [-0.3, -0.25) is 4.79 Å². The SMILES string of the molecule is COCCOCCNC(=O)COCCC(C)C. The van der Waals surface area contributed by atoms with Crippen molar-refractivity contribution in [3.05, 3.63) is 0 Å². The zero-order valence-corrected chi connectivity index (χ0v) is 11.2. The molecule has 0 aliphatic carbocycles. The summed E-state index contributed by atoms with van der Waals surface area (Å²) in [5.74, 6) is 0.511. The average molecular weight is 247 g/mol. The van der Waals surface area contributed by atoms with Gasteiger partial charge in [-0.1, -0.05) is 13.8 Å². The van der Waals surface area contributed by atoms with Crippen molar-refractivity contribution in [1.82, 2.24) is 5.32 Å². The van der Waals surface area contributed by atoms with E-state index in [2.05, 4.69) is 19.2 Å². The normalized spacial score (nSPS) is 10.8. The van der Waals surface area contributed by atoms with Crippen LogP contribution in [0.25, 0.3) is 0 Å². The van der Waals surface area contributed by atoms with E-state index in [-0.39, 0.29) is 12.5 Å². The fraction of sp³-hybridized carbons (Fsp3) is 0.917. The minimum atomic E-state index is -0.0934. The highest BCUT2D eigenvalue weighted by Crippen LogP contribution is 1.98. The van der Waals surface area contributed by atoms with Crippen LogP contribution in [0.2, 0.25) is 0 Å². The van der Waals surface area contributed by atoms with Gasteiger partial charge in [0.1, 0.15) is 6.61 Å². The van der Waals surface area contributed by atoms with E-state index in [9.17, 15) is 4.79 Å². The van der Waals surface area contributed by atoms with Gasteiger partial charge in [0, 0.05) is 20.3 Å². The topological polar surface area (TPSA) is 56.8 Å². The quantitative estimate of drug-likeness (QED) is 0.549. The van der Waals surface area contributed by atoms with E-state index in [1.54, 1.807) is 7.11 Å². The van der Waals surface area contributed by atoms with Gasteiger partial charge < -0.3 is 19.5 Å². The molecule has 102 valence electrons. The number of amides is 1. The molecule has 0 atom stereocenters. The highest BCUT2D eigenvalue weighted by Gasteiger charge is 2.01. The lowest BCUT2D eigenvalue weighted by Gasteiger charge is -2.08. The highest BCUT2D eigenvalue weighted by atomic mass is 16.5. The number of hydrogen-bond acceptors (Lipinski definition) is 4. The van der Waals surface area contributed by atoms with Crippen LogP contribution in [0.1, 0.15) is 20.3 Å². The van der Waals surface area contributed by atoms with Gasteiger partial charge in [-0.25, -0.2) is 0 Å². The zero-order chi connectivity index (χ0) is 12.9. The molecule has 0 unspecified atom stereocenters. The monoisotopic (exact) mass is 247 g/mol. The van der Waals surface area contributed by atoms with Crippen LogP contribution in [0.15, 0.2) is 0 Å². The van der Waals surface area contributed by atoms with Gasteiger partial charge in [-0.2, -0.15) is 0 Å². The molecule has 0 aliphatic heterocycles. The molecule has 0 saturated carbocycles. The smallest absolute Gasteiger partial charge is 0.246 e. The van der Waals surface area contributed by atoms with Crippen molar-refractivity contribution >= 4 is 5.91 Å². The van der Waals surface area contributed by atoms with Gasteiger partial charge in [0.25, 0.3) is 0 Å². The van der Waals surface area contributed by atoms with E-state index >= 15 is 0 Å². The molecule has 5 heteroatoms. The summed E-state index contributed by atoms with van der Waals surface area (Å²) in [6, 6.07) is 0. The lowest BCUT2D eigenvalue weighted by atomic mass is 10.1. The van der Waals surface area contributed by atoms with Crippen molar-refractivity contribution in [2.45, 2.75) is 20.3 Å². The number of hydrogen-bond donors (Lipinski definition) is 1. The van der Waals surface area contributed by atoms with Crippen molar-refractivity contribution < 1.29 is 19.0 Å². The molecule has 0 aliphatic rings. The summed E-state index contributed by atoms with van der Waals surface area (Å²) in [5.41, 5.74) is 0. The van der Waals surface area contributed by atoms with Crippen LogP contribution < -0.4 is 5.32 Å². The summed E-state index contributed by atoms with van der Waals surface area (Å²) >= 11 is 0. The van der Waals surface area contributed by atoms with E-state index in [0.717, 1.165) is 6.42 Å². The second-order valence-corrected chi connectivity index (χ2v) is 4.19. The minimum absolute atomic E-state index is 0.0934. The first-order valence-electron chi connectivity index (χ1n) is 6.08. The van der Waals surface area contributed by atoms with E-state index < -0.39 is 0 Å². The lowest BCUT2D eigenvalue weighted by molar-refractivity contribution is -0.126. The molecule has 0 radical (unpaired) electrons. The van der Waals surface area contributed by atoms with Gasteiger partial charge in [0.15, 0.2) is 0 Å². The van der Waals surface area contributed by atoms with Crippen molar-refractivity contribution in [3.8, 4) is 0 Å². The molecule has 1 amide bonds. The second kappa shape index (κ2) is 11.8. The lowest BCUT2D eigenvalue weighted by Crippen LogP contribution is -2.31. The van der Waals surface area contributed by atoms with Gasteiger partial charge >= 0.3 is 0 Å². The van der Waals surface area contributed by atoms with E-state index in [1.807, 2.05) is 0 Å². The Balaban J connectivity index is 3.18. The number of carbonyl (C=O) groups is 1. The number of carbonyl (C=O) groups excluding carboxylic acids is 1. The third-order valence-electron chi connectivity index (χ3n) is 2.07. The molecular formula is C12H25NO4. The Morgan fingerprint density at radius 3 is 2.53 bits per heavy atom. The number of rotatable bonds is 11. The summed E-state index contributed by atoms with van der Waals surface area (Å²) in [4.78, 5) is 11.3. The Morgan fingerprint density at radius 2 is 1.88 bits per heavy atom. The number of ether oxygens (including phenoxy) is 3. The standard InChI is InChI=1S/C12H25NO4/c1-11(2)4-6-17-10-12(14)13-5-7-16-9-8-15-3/h11H,4-10H2,1-3H3,(H,13,14). The Bertz CT molecular complexity index is 185. The summed E-state index contributed by atoms with van der Waals surface area (Å²) < 4.78 is 15.3. The fourth-order valence-electron chi connectivity index (χ4n) is 1.04. The van der Waals surface area contributed by atoms with E-state index in [4.69, 9.17) is 14.2 Å². The van der Waals surface area contributed by atoms with Gasteiger partial charge in [-0.15, -0.1) is 0 Å². The Kier molecular flexibility index (Phi) is 11.4. The second-order valence-electron chi connectivity index (χ2n) is 4.19. The maximum atomic E-state index is 11.3. The van der Waals surface area contributed by atoms with Crippen LogP contribution in [0.5, 0.6) is 0 Å². The van der Waals surface area contributed by atoms with E-state index in [0.29, 0.717) is 38.9 Å². The third kappa shape index (κ3) is 13.3. The molecular weight excluding hydrogens is 222 g/mol. The Labute approximate surface area is 104 Å². The zero-order valence-electron chi connectivity index (χ0n) is 11.2. The molecule has 0 rings (SSSR count). The fourth-order valence-corrected chi connectivity index (χ4v) is 1.04. The largest absolute Gasteiger partial charge is 0.382 e. The van der Waals surface area contributed by atoms with Gasteiger partial charge in [0.2, 0.25) is 5.91 Å². The van der Waals surface area contributed by atoms with Gasteiger partial charge in [-0.05, 0) is 12.3 Å². The van der Waals surface area contributed by atoms with Crippen molar-refractivity contribution in [1.29, 1.82) is 0 Å². The maximum absolute atomic E-state index is 11.3. The van der Waals surface area contributed by atoms with Crippen LogP contribution in [0, 0.1) is 5.92 Å². The van der Waals surface area contributed by atoms with E-state index in [1.165, 1.54) is 0 Å². The average Bonchev–Trinajstić information content (AvgIpc) is 2.29.